The fraction of sp³-hybridized carbons (Fsp3) is 0.182. The van der Waals surface area contributed by atoms with Crippen LogP contribution in [0.25, 0.3) is 16.7 Å². The number of nitrogens with two attached hydrogens (primary N) is 1. The summed E-state index contributed by atoms with van der Waals surface area (Å²) in [6.45, 7) is 0. The van der Waals surface area contributed by atoms with Gasteiger partial charge in [0.25, 0.3) is 0 Å². The molecular weight excluding hydrogens is 336 g/mol. The van der Waals surface area contributed by atoms with Crippen LogP contribution in [0.2, 0.25) is 0 Å². The maximum Gasteiger partial charge on any atom is 0.151 e. The van der Waals surface area contributed by atoms with E-state index in [2.05, 4.69) is 40.4 Å². The molecule has 5 nitrogen and oxygen atoms in total. The van der Waals surface area contributed by atoms with E-state index in [0.29, 0.717) is 11.7 Å². The van der Waals surface area contributed by atoms with Crippen LogP contribution in [0, 0.1) is 0 Å². The van der Waals surface area contributed by atoms with Gasteiger partial charge in [0.2, 0.25) is 0 Å². The van der Waals surface area contributed by atoms with Gasteiger partial charge in [-0.2, -0.15) is 0 Å². The van der Waals surface area contributed by atoms with Crippen LogP contribution in [0.3, 0.4) is 0 Å². The number of nitrogens with zero attached hydrogens (tertiary/aromatic N) is 3. The first-order valence-corrected chi connectivity index (χ1v) is 9.18. The third kappa shape index (κ3) is 2.63. The lowest BCUT2D eigenvalue weighted by molar-refractivity contribution is 0.475. The van der Waals surface area contributed by atoms with Gasteiger partial charge in [0.15, 0.2) is 5.82 Å². The Balaban J connectivity index is 1.66. The number of aromatic nitrogens is 3. The first-order valence-electron chi connectivity index (χ1n) is 9.18. The highest BCUT2D eigenvalue weighted by atomic mass is 16.3. The summed E-state index contributed by atoms with van der Waals surface area (Å²) in [6, 6.07) is 15.8. The predicted octanol–water partition coefficient (Wildman–Crippen LogP) is 3.98. The number of fused-ring (bicyclic) bond motifs is 2. The van der Waals surface area contributed by atoms with Crippen molar-refractivity contribution in [3.05, 3.63) is 77.7 Å². The minimum absolute atomic E-state index is 0.239. The third-order valence-electron chi connectivity index (χ3n) is 5.55. The molecule has 5 rings (SSSR count). The van der Waals surface area contributed by atoms with Crippen LogP contribution in [0.4, 0.5) is 5.82 Å². The molecule has 1 aliphatic rings. The third-order valence-corrected chi connectivity index (χ3v) is 5.55. The minimum Gasteiger partial charge on any atom is -0.508 e. The summed E-state index contributed by atoms with van der Waals surface area (Å²) in [7, 11) is 0. The van der Waals surface area contributed by atoms with E-state index in [1.807, 2.05) is 16.7 Å². The lowest BCUT2D eigenvalue weighted by atomic mass is 9.81. The Morgan fingerprint density at radius 3 is 2.59 bits per heavy atom. The first kappa shape index (κ1) is 15.9. The Morgan fingerprint density at radius 2 is 1.78 bits per heavy atom. The molecule has 0 amide bonds. The fourth-order valence-corrected chi connectivity index (χ4v) is 4.18. The Morgan fingerprint density at radius 1 is 1.00 bits per heavy atom. The smallest absolute Gasteiger partial charge is 0.151 e. The van der Waals surface area contributed by atoms with E-state index in [9.17, 15) is 5.11 Å². The van der Waals surface area contributed by atoms with Gasteiger partial charge in [-0.15, -0.1) is 0 Å². The number of nitrogen functional groups attached to an aromatic ring is 1. The van der Waals surface area contributed by atoms with Crippen molar-refractivity contribution in [1.82, 2.24) is 14.5 Å². The zero-order valence-corrected chi connectivity index (χ0v) is 14.8. The van der Waals surface area contributed by atoms with Crippen molar-refractivity contribution >= 4 is 16.9 Å². The summed E-state index contributed by atoms with van der Waals surface area (Å²) in [5, 5.41) is 9.61. The van der Waals surface area contributed by atoms with E-state index in [4.69, 9.17) is 5.73 Å². The Labute approximate surface area is 157 Å². The quantitative estimate of drug-likeness (QED) is 0.569. The van der Waals surface area contributed by atoms with Crippen molar-refractivity contribution in [3.63, 3.8) is 0 Å². The molecule has 1 aliphatic carbocycles. The molecule has 134 valence electrons. The molecule has 0 spiro atoms. The highest BCUT2D eigenvalue weighted by Crippen LogP contribution is 2.38. The lowest BCUT2D eigenvalue weighted by Crippen LogP contribution is -2.12. The van der Waals surface area contributed by atoms with Crippen molar-refractivity contribution < 1.29 is 5.11 Å². The Hall–Kier alpha value is -3.34. The van der Waals surface area contributed by atoms with Crippen LogP contribution in [0.1, 0.15) is 29.0 Å². The summed E-state index contributed by atoms with van der Waals surface area (Å²) >= 11 is 0. The summed E-state index contributed by atoms with van der Waals surface area (Å²) < 4.78 is 2.04. The second-order valence-corrected chi connectivity index (χ2v) is 7.14. The molecule has 0 radical (unpaired) electrons. The van der Waals surface area contributed by atoms with Gasteiger partial charge in [-0.1, -0.05) is 24.3 Å². The molecule has 3 N–H and O–H groups in total. The standard InChI is InChI=1S/C22H20N4O/c23-22-21-20(24-13-25-22)19(12-26(21)17-7-9-18(27)10-8-17)16-6-5-14-3-1-2-4-15(14)11-16/h1-4,7-10,12-13,16,27H,5-6,11H2,(H2,23,24,25). The first-order chi connectivity index (χ1) is 13.2. The number of aryl methyl sites for hydroxylation is 1. The van der Waals surface area contributed by atoms with Crippen LogP contribution in [0.5, 0.6) is 5.75 Å². The second kappa shape index (κ2) is 6.13. The average molecular weight is 356 g/mol. The molecule has 2 aromatic carbocycles. The topological polar surface area (TPSA) is 77.0 Å². The molecule has 0 saturated carbocycles. The molecule has 0 aliphatic heterocycles. The fourth-order valence-electron chi connectivity index (χ4n) is 4.18. The van der Waals surface area contributed by atoms with E-state index in [1.165, 1.54) is 16.7 Å². The molecule has 4 aromatic rings. The Bertz CT molecular complexity index is 1130. The lowest BCUT2D eigenvalue weighted by Gasteiger charge is -2.24. The molecule has 27 heavy (non-hydrogen) atoms. The summed E-state index contributed by atoms with van der Waals surface area (Å²) in [5.41, 5.74) is 13.0. The second-order valence-electron chi connectivity index (χ2n) is 7.14. The molecule has 2 aromatic heterocycles. The largest absolute Gasteiger partial charge is 0.508 e. The molecule has 5 heteroatoms. The SMILES string of the molecule is Nc1ncnc2c(C3CCc4ccccc4C3)cn(-c3ccc(O)cc3)c12. The predicted molar refractivity (Wildman–Crippen MR) is 106 cm³/mol. The number of anilines is 1. The zero-order valence-electron chi connectivity index (χ0n) is 14.8. The van der Waals surface area contributed by atoms with E-state index in [0.717, 1.165) is 36.0 Å². The van der Waals surface area contributed by atoms with Crippen LogP contribution >= 0.6 is 0 Å². The number of phenolic OH excluding ortho intramolecular Hbond substituents is 1. The van der Waals surface area contributed by atoms with E-state index >= 15 is 0 Å². The summed E-state index contributed by atoms with van der Waals surface area (Å²) in [5.74, 6) is 1.11. The van der Waals surface area contributed by atoms with Crippen LogP contribution in [-0.4, -0.2) is 19.6 Å². The number of phenols is 1. The van der Waals surface area contributed by atoms with Crippen LogP contribution in [0.15, 0.2) is 61.1 Å². The highest BCUT2D eigenvalue weighted by Gasteiger charge is 2.25. The molecular formula is C22H20N4O. The monoisotopic (exact) mass is 356 g/mol. The van der Waals surface area contributed by atoms with Crippen molar-refractivity contribution in [2.75, 3.05) is 5.73 Å². The maximum atomic E-state index is 9.61. The molecule has 1 unspecified atom stereocenters. The van der Waals surface area contributed by atoms with Crippen LogP contribution in [-0.2, 0) is 12.8 Å². The minimum atomic E-state index is 0.239. The number of hydrogen-bond donors (Lipinski definition) is 2. The average Bonchev–Trinajstić information content (AvgIpc) is 3.09. The van der Waals surface area contributed by atoms with E-state index in [-0.39, 0.29) is 5.75 Å². The molecule has 0 saturated heterocycles. The van der Waals surface area contributed by atoms with Gasteiger partial charge in [0.05, 0.1) is 5.52 Å². The van der Waals surface area contributed by atoms with E-state index in [1.54, 1.807) is 18.5 Å². The van der Waals surface area contributed by atoms with Crippen molar-refractivity contribution in [2.24, 2.45) is 0 Å². The van der Waals surface area contributed by atoms with Gasteiger partial charge in [0.1, 0.15) is 17.6 Å². The number of benzene rings is 2. The summed E-state index contributed by atoms with van der Waals surface area (Å²) in [4.78, 5) is 8.78. The van der Waals surface area contributed by atoms with Crippen LogP contribution < -0.4 is 5.73 Å². The van der Waals surface area contributed by atoms with Crippen molar-refractivity contribution in [1.29, 1.82) is 0 Å². The Kier molecular flexibility index (Phi) is 3.60. The maximum absolute atomic E-state index is 9.61. The van der Waals surface area contributed by atoms with E-state index < -0.39 is 0 Å². The van der Waals surface area contributed by atoms with Crippen molar-refractivity contribution in [3.8, 4) is 11.4 Å². The number of hydrogen-bond acceptors (Lipinski definition) is 4. The highest BCUT2D eigenvalue weighted by molar-refractivity contribution is 5.90. The van der Waals surface area contributed by atoms with Crippen molar-refractivity contribution in [2.45, 2.75) is 25.2 Å². The molecule has 0 fully saturated rings. The van der Waals surface area contributed by atoms with Gasteiger partial charge in [-0.3, -0.25) is 0 Å². The molecule has 1 atom stereocenters. The van der Waals surface area contributed by atoms with Gasteiger partial charge in [0, 0.05) is 17.4 Å². The number of rotatable bonds is 2. The number of aromatic hydroxyl groups is 1. The van der Waals surface area contributed by atoms with Gasteiger partial charge >= 0.3 is 0 Å². The van der Waals surface area contributed by atoms with Gasteiger partial charge in [-0.25, -0.2) is 9.97 Å². The van der Waals surface area contributed by atoms with Gasteiger partial charge < -0.3 is 15.4 Å². The molecule has 2 heterocycles. The normalized spacial score (nSPS) is 16.4. The summed E-state index contributed by atoms with van der Waals surface area (Å²) in [6.07, 6.45) is 6.86. The molecule has 0 bridgehead atoms. The van der Waals surface area contributed by atoms with Gasteiger partial charge in [-0.05, 0) is 60.6 Å². The zero-order chi connectivity index (χ0) is 18.4.